The van der Waals surface area contributed by atoms with Gasteiger partial charge in [0.1, 0.15) is 12.7 Å². The second-order valence-electron chi connectivity index (χ2n) is 6.45. The van der Waals surface area contributed by atoms with Crippen molar-refractivity contribution in [2.75, 3.05) is 5.32 Å². The summed E-state index contributed by atoms with van der Waals surface area (Å²) in [6.45, 7) is 1.54. The molecule has 0 saturated heterocycles. The van der Waals surface area contributed by atoms with Gasteiger partial charge in [0.2, 0.25) is 0 Å². The number of esters is 1. The fourth-order valence-corrected chi connectivity index (χ4v) is 2.94. The third kappa shape index (κ3) is 3.98. The first-order valence-corrected chi connectivity index (χ1v) is 9.06. The second kappa shape index (κ2) is 7.93. The number of fused-ring (bicyclic) bond motifs is 1. The highest BCUT2D eigenvalue weighted by molar-refractivity contribution is 6.04. The van der Waals surface area contributed by atoms with Gasteiger partial charge in [0.15, 0.2) is 6.10 Å². The molecule has 29 heavy (non-hydrogen) atoms. The lowest BCUT2D eigenvalue weighted by molar-refractivity contribution is -0.123. The van der Waals surface area contributed by atoms with Crippen molar-refractivity contribution >= 4 is 28.3 Å². The zero-order chi connectivity index (χ0) is 20.2. The maximum atomic E-state index is 12.5. The maximum absolute atomic E-state index is 12.5. The molecule has 4 aromatic rings. The van der Waals surface area contributed by atoms with Gasteiger partial charge in [0.05, 0.1) is 11.3 Å². The molecule has 144 valence electrons. The number of amides is 1. The van der Waals surface area contributed by atoms with Crippen LogP contribution in [0.1, 0.15) is 17.3 Å². The van der Waals surface area contributed by atoms with Crippen LogP contribution in [0.4, 0.5) is 5.69 Å². The minimum atomic E-state index is -0.948. The number of ether oxygens (including phenoxy) is 1. The molecule has 1 heterocycles. The summed E-state index contributed by atoms with van der Waals surface area (Å²) >= 11 is 0. The van der Waals surface area contributed by atoms with E-state index in [0.29, 0.717) is 11.3 Å². The van der Waals surface area contributed by atoms with E-state index in [1.807, 2.05) is 42.5 Å². The molecule has 1 N–H and O–H groups in total. The van der Waals surface area contributed by atoms with Crippen LogP contribution in [0.25, 0.3) is 16.5 Å². The highest BCUT2D eigenvalue weighted by Crippen LogP contribution is 2.23. The van der Waals surface area contributed by atoms with E-state index in [1.54, 1.807) is 42.2 Å². The van der Waals surface area contributed by atoms with Crippen molar-refractivity contribution < 1.29 is 14.3 Å². The minimum Gasteiger partial charge on any atom is -0.449 e. The molecule has 3 aromatic carbocycles. The van der Waals surface area contributed by atoms with Gasteiger partial charge in [-0.05, 0) is 42.6 Å². The molecule has 0 saturated carbocycles. The predicted octanol–water partition coefficient (Wildman–Crippen LogP) is 3.60. The van der Waals surface area contributed by atoms with Gasteiger partial charge in [-0.2, -0.15) is 5.10 Å². The molecule has 0 bridgehead atoms. The molecule has 7 heteroatoms. The van der Waals surface area contributed by atoms with E-state index in [1.165, 1.54) is 6.33 Å². The average molecular weight is 386 g/mol. The molecule has 0 radical (unpaired) electrons. The van der Waals surface area contributed by atoms with Gasteiger partial charge in [0.25, 0.3) is 5.91 Å². The van der Waals surface area contributed by atoms with E-state index in [-0.39, 0.29) is 0 Å². The van der Waals surface area contributed by atoms with Crippen LogP contribution < -0.4 is 5.32 Å². The van der Waals surface area contributed by atoms with Crippen molar-refractivity contribution in [2.24, 2.45) is 0 Å². The maximum Gasteiger partial charge on any atom is 0.338 e. The van der Waals surface area contributed by atoms with Crippen molar-refractivity contribution in [3.63, 3.8) is 0 Å². The van der Waals surface area contributed by atoms with Gasteiger partial charge < -0.3 is 10.1 Å². The smallest absolute Gasteiger partial charge is 0.338 e. The van der Waals surface area contributed by atoms with Gasteiger partial charge in [-0.1, -0.05) is 36.4 Å². The zero-order valence-corrected chi connectivity index (χ0v) is 15.6. The molecular weight excluding hydrogens is 368 g/mol. The number of nitrogens with zero attached hydrogens (tertiary/aromatic N) is 3. The Balaban J connectivity index is 1.42. The van der Waals surface area contributed by atoms with E-state index in [2.05, 4.69) is 15.4 Å². The molecule has 0 aliphatic carbocycles. The summed E-state index contributed by atoms with van der Waals surface area (Å²) in [4.78, 5) is 28.8. The Kier molecular flexibility index (Phi) is 5.03. The third-order valence-corrected chi connectivity index (χ3v) is 4.49. The van der Waals surface area contributed by atoms with Crippen molar-refractivity contribution in [1.29, 1.82) is 0 Å². The van der Waals surface area contributed by atoms with E-state index in [9.17, 15) is 9.59 Å². The summed E-state index contributed by atoms with van der Waals surface area (Å²) in [6.07, 6.45) is 2.04. The number of hydrogen-bond donors (Lipinski definition) is 1. The molecule has 7 nitrogen and oxygen atoms in total. The third-order valence-electron chi connectivity index (χ3n) is 4.49. The first kappa shape index (κ1) is 18.4. The van der Waals surface area contributed by atoms with Crippen molar-refractivity contribution in [3.8, 4) is 5.69 Å². The largest absolute Gasteiger partial charge is 0.449 e. The van der Waals surface area contributed by atoms with Crippen LogP contribution >= 0.6 is 0 Å². The number of anilines is 1. The van der Waals surface area contributed by atoms with E-state index >= 15 is 0 Å². The summed E-state index contributed by atoms with van der Waals surface area (Å²) in [6, 6.07) is 20.1. The number of carbonyl (C=O) groups is 2. The summed E-state index contributed by atoms with van der Waals surface area (Å²) in [5.41, 5.74) is 1.78. The lowest BCUT2D eigenvalue weighted by atomic mass is 10.1. The van der Waals surface area contributed by atoms with E-state index in [4.69, 9.17) is 4.74 Å². The molecule has 1 aromatic heterocycles. The van der Waals surface area contributed by atoms with Gasteiger partial charge in [-0.15, -0.1) is 0 Å². The number of hydrogen-bond acceptors (Lipinski definition) is 5. The van der Waals surface area contributed by atoms with Gasteiger partial charge >= 0.3 is 5.97 Å². The Labute approximate surface area is 167 Å². The first-order chi connectivity index (χ1) is 14.1. The normalized spacial score (nSPS) is 11.8. The molecule has 0 aliphatic rings. The summed E-state index contributed by atoms with van der Waals surface area (Å²) < 4.78 is 6.91. The highest BCUT2D eigenvalue weighted by Gasteiger charge is 2.19. The Morgan fingerprint density at radius 2 is 1.76 bits per heavy atom. The predicted molar refractivity (Wildman–Crippen MR) is 109 cm³/mol. The molecule has 0 aliphatic heterocycles. The van der Waals surface area contributed by atoms with Crippen LogP contribution in [0.15, 0.2) is 79.4 Å². The van der Waals surface area contributed by atoms with Crippen molar-refractivity contribution in [1.82, 2.24) is 14.8 Å². The molecule has 4 rings (SSSR count). The standard InChI is InChI=1S/C22H18N4O3/c1-15(21(27)25-20-8-4-6-16-5-2-3-7-19(16)20)29-22(28)17-9-11-18(12-10-17)26-14-23-13-24-26/h2-15H,1H3,(H,25,27)/t15-/m0/s1. The van der Waals surface area contributed by atoms with Gasteiger partial charge in [0, 0.05) is 11.1 Å². The fraction of sp³-hybridized carbons (Fsp3) is 0.0909. The molecule has 0 unspecified atom stereocenters. The average Bonchev–Trinajstić information content (AvgIpc) is 3.29. The SMILES string of the molecule is C[C@H](OC(=O)c1ccc(-n2cncn2)cc1)C(=O)Nc1cccc2ccccc12. The minimum absolute atomic E-state index is 0.346. The quantitative estimate of drug-likeness (QED) is 0.530. The molecule has 0 spiro atoms. The fourth-order valence-electron chi connectivity index (χ4n) is 2.94. The molecule has 1 atom stereocenters. The van der Waals surface area contributed by atoms with E-state index < -0.39 is 18.0 Å². The Morgan fingerprint density at radius 1 is 1.00 bits per heavy atom. The Hall–Kier alpha value is -4.00. The number of nitrogens with one attached hydrogen (secondary N) is 1. The summed E-state index contributed by atoms with van der Waals surface area (Å²) in [5.74, 6) is -0.968. The number of aromatic nitrogens is 3. The topological polar surface area (TPSA) is 86.1 Å². The lowest BCUT2D eigenvalue weighted by Gasteiger charge is -2.15. The zero-order valence-electron chi connectivity index (χ0n) is 15.6. The van der Waals surface area contributed by atoms with Crippen LogP contribution in [-0.4, -0.2) is 32.7 Å². The van der Waals surface area contributed by atoms with Gasteiger partial charge in [-0.25, -0.2) is 14.5 Å². The first-order valence-electron chi connectivity index (χ1n) is 9.06. The summed E-state index contributed by atoms with van der Waals surface area (Å²) in [7, 11) is 0. The van der Waals surface area contributed by atoms with Crippen LogP contribution in [0.2, 0.25) is 0 Å². The van der Waals surface area contributed by atoms with Crippen LogP contribution in [0.5, 0.6) is 0 Å². The summed E-state index contributed by atoms with van der Waals surface area (Å²) in [5, 5.41) is 8.80. The van der Waals surface area contributed by atoms with Crippen molar-refractivity contribution in [3.05, 3.63) is 84.9 Å². The molecule has 0 fully saturated rings. The molecular formula is C22H18N4O3. The van der Waals surface area contributed by atoms with Crippen LogP contribution in [0, 0.1) is 0 Å². The van der Waals surface area contributed by atoms with Crippen LogP contribution in [0.3, 0.4) is 0 Å². The Morgan fingerprint density at radius 3 is 2.52 bits per heavy atom. The lowest BCUT2D eigenvalue weighted by Crippen LogP contribution is -2.30. The van der Waals surface area contributed by atoms with Gasteiger partial charge in [-0.3, -0.25) is 4.79 Å². The van der Waals surface area contributed by atoms with Crippen molar-refractivity contribution in [2.45, 2.75) is 13.0 Å². The number of benzene rings is 3. The number of carbonyl (C=O) groups excluding carboxylic acids is 2. The number of rotatable bonds is 5. The monoisotopic (exact) mass is 386 g/mol. The highest BCUT2D eigenvalue weighted by atomic mass is 16.5. The van der Waals surface area contributed by atoms with Crippen LogP contribution in [-0.2, 0) is 9.53 Å². The van der Waals surface area contributed by atoms with E-state index in [0.717, 1.165) is 16.5 Å². The molecule has 1 amide bonds. The Bertz CT molecular complexity index is 1150. The second-order valence-corrected chi connectivity index (χ2v) is 6.45.